The molecule has 0 fully saturated rings. The average molecular weight is 307 g/mol. The molecule has 20 heavy (non-hydrogen) atoms. The van der Waals surface area contributed by atoms with Crippen molar-refractivity contribution >= 4 is 8.80 Å². The fraction of sp³-hybridized carbons (Fsp3) is 1.00. The molecule has 0 aliphatic heterocycles. The van der Waals surface area contributed by atoms with Crippen LogP contribution in [0.1, 0.15) is 40.0 Å². The molecular formula is C14H34N2O3Si. The third-order valence-electron chi connectivity index (χ3n) is 3.09. The van der Waals surface area contributed by atoms with Gasteiger partial charge in [-0.1, -0.05) is 0 Å². The summed E-state index contributed by atoms with van der Waals surface area (Å²) in [4.78, 5) is 2.19. The van der Waals surface area contributed by atoms with Gasteiger partial charge in [0.15, 0.2) is 0 Å². The van der Waals surface area contributed by atoms with Gasteiger partial charge in [-0.25, -0.2) is 0 Å². The lowest BCUT2D eigenvalue weighted by molar-refractivity contribution is 0.0702. The Hall–Kier alpha value is 0.0169. The summed E-state index contributed by atoms with van der Waals surface area (Å²) >= 11 is 0. The minimum atomic E-state index is -2.51. The Balaban J connectivity index is 4.21. The second-order valence-corrected chi connectivity index (χ2v) is 7.96. The summed E-state index contributed by atoms with van der Waals surface area (Å²) in [6, 6.07) is 1.01. The molecule has 0 aromatic rings. The number of hydrogen-bond acceptors (Lipinski definition) is 5. The summed E-state index contributed by atoms with van der Waals surface area (Å²) in [5.41, 5.74) is 6.19. The Morgan fingerprint density at radius 3 is 1.85 bits per heavy atom. The molecule has 0 aromatic carbocycles. The topological polar surface area (TPSA) is 57.0 Å². The summed E-state index contributed by atoms with van der Waals surface area (Å²) in [6.45, 7) is 8.91. The molecule has 122 valence electrons. The van der Waals surface area contributed by atoms with E-state index in [2.05, 4.69) is 19.0 Å². The third kappa shape index (κ3) is 9.04. The summed E-state index contributed by atoms with van der Waals surface area (Å²) < 4.78 is 17.5. The van der Waals surface area contributed by atoms with Crippen LogP contribution in [0.15, 0.2) is 0 Å². The Morgan fingerprint density at radius 2 is 1.45 bits per heavy atom. The molecule has 5 nitrogen and oxygen atoms in total. The van der Waals surface area contributed by atoms with Gasteiger partial charge in [-0.3, -0.25) is 0 Å². The fourth-order valence-electron chi connectivity index (χ4n) is 2.18. The van der Waals surface area contributed by atoms with Crippen molar-refractivity contribution in [2.24, 2.45) is 5.73 Å². The first kappa shape index (κ1) is 20.0. The minimum Gasteiger partial charge on any atom is -0.374 e. The van der Waals surface area contributed by atoms with Crippen molar-refractivity contribution in [1.82, 2.24) is 4.90 Å². The molecule has 0 heterocycles. The highest BCUT2D eigenvalue weighted by Crippen LogP contribution is 2.20. The third-order valence-corrected chi connectivity index (χ3v) is 6.18. The van der Waals surface area contributed by atoms with Gasteiger partial charge in [-0.2, -0.15) is 0 Å². The molecular weight excluding hydrogens is 272 g/mol. The highest BCUT2D eigenvalue weighted by Gasteiger charge is 2.40. The van der Waals surface area contributed by atoms with Crippen molar-refractivity contribution in [3.63, 3.8) is 0 Å². The van der Waals surface area contributed by atoms with E-state index in [1.165, 1.54) is 0 Å². The Bertz CT molecular complexity index is 213. The summed E-state index contributed by atoms with van der Waals surface area (Å²) in [5.74, 6) is 0. The first-order valence-corrected chi connectivity index (χ1v) is 9.75. The first-order valence-electron chi connectivity index (χ1n) is 7.81. The number of nitrogens with zero attached hydrogens (tertiary/aromatic N) is 1. The van der Waals surface area contributed by atoms with Crippen LogP contribution in [-0.4, -0.2) is 60.2 Å². The van der Waals surface area contributed by atoms with E-state index in [9.17, 15) is 0 Å². The van der Waals surface area contributed by atoms with Gasteiger partial charge in [0.2, 0.25) is 0 Å². The predicted octanol–water partition coefficient (Wildman–Crippen LogP) is 2.09. The van der Waals surface area contributed by atoms with Crippen molar-refractivity contribution in [3.8, 4) is 0 Å². The lowest BCUT2D eigenvalue weighted by atomic mass is 10.1. The van der Waals surface area contributed by atoms with Crippen LogP contribution in [0.5, 0.6) is 0 Å². The van der Waals surface area contributed by atoms with E-state index in [1.807, 2.05) is 20.8 Å². The van der Waals surface area contributed by atoms with Gasteiger partial charge in [-0.05, 0) is 60.7 Å². The second kappa shape index (κ2) is 11.7. The van der Waals surface area contributed by atoms with Gasteiger partial charge in [0.1, 0.15) is 0 Å². The molecule has 1 atom stereocenters. The molecule has 0 amide bonds. The molecule has 0 spiro atoms. The van der Waals surface area contributed by atoms with Gasteiger partial charge in [-0.15, -0.1) is 0 Å². The largest absolute Gasteiger partial charge is 0.500 e. The van der Waals surface area contributed by atoms with E-state index in [0.29, 0.717) is 19.8 Å². The van der Waals surface area contributed by atoms with E-state index in [4.69, 9.17) is 19.0 Å². The average Bonchev–Trinajstić information content (AvgIpc) is 2.37. The van der Waals surface area contributed by atoms with E-state index in [-0.39, 0.29) is 6.04 Å². The molecule has 6 heteroatoms. The van der Waals surface area contributed by atoms with Gasteiger partial charge in [0.25, 0.3) is 0 Å². The normalized spacial score (nSPS) is 13.9. The van der Waals surface area contributed by atoms with Gasteiger partial charge in [0.05, 0.1) is 0 Å². The molecule has 0 aliphatic rings. The zero-order valence-electron chi connectivity index (χ0n) is 14.0. The smallest absolute Gasteiger partial charge is 0.374 e. The Morgan fingerprint density at radius 1 is 0.950 bits per heavy atom. The van der Waals surface area contributed by atoms with Crippen molar-refractivity contribution in [3.05, 3.63) is 0 Å². The van der Waals surface area contributed by atoms with Crippen molar-refractivity contribution in [2.75, 3.05) is 40.5 Å². The van der Waals surface area contributed by atoms with Crippen LogP contribution in [0.4, 0.5) is 0 Å². The molecule has 0 saturated carbocycles. The number of hydrogen-bond donors (Lipinski definition) is 1. The fourth-order valence-corrected chi connectivity index (χ4v) is 4.90. The van der Waals surface area contributed by atoms with E-state index in [1.54, 1.807) is 0 Å². The highest BCUT2D eigenvalue weighted by atomic mass is 28.4. The van der Waals surface area contributed by atoms with E-state index < -0.39 is 8.80 Å². The Kier molecular flexibility index (Phi) is 11.7. The molecule has 1 unspecified atom stereocenters. The van der Waals surface area contributed by atoms with Crippen LogP contribution in [0.2, 0.25) is 6.04 Å². The Labute approximate surface area is 126 Å². The monoisotopic (exact) mass is 306 g/mol. The molecule has 0 radical (unpaired) electrons. The summed E-state index contributed by atoms with van der Waals surface area (Å²) in [6.07, 6.45) is 3.06. The van der Waals surface area contributed by atoms with Crippen LogP contribution in [0.25, 0.3) is 0 Å². The van der Waals surface area contributed by atoms with Crippen LogP contribution in [0, 0.1) is 0 Å². The zero-order valence-corrected chi connectivity index (χ0v) is 15.0. The van der Waals surface area contributed by atoms with Crippen molar-refractivity contribution in [2.45, 2.75) is 52.1 Å². The summed E-state index contributed by atoms with van der Waals surface area (Å²) in [5, 5.41) is 0. The van der Waals surface area contributed by atoms with Crippen molar-refractivity contribution < 1.29 is 13.3 Å². The molecule has 0 saturated heterocycles. The maximum Gasteiger partial charge on any atom is 0.500 e. The lowest BCUT2D eigenvalue weighted by Gasteiger charge is -2.29. The van der Waals surface area contributed by atoms with Crippen LogP contribution in [0.3, 0.4) is 0 Å². The molecule has 0 bridgehead atoms. The maximum atomic E-state index is 6.19. The molecule has 0 rings (SSSR count). The van der Waals surface area contributed by atoms with Gasteiger partial charge >= 0.3 is 8.80 Å². The van der Waals surface area contributed by atoms with Gasteiger partial charge in [0, 0.05) is 31.9 Å². The SMILES string of the molecule is CCO[Si](CCC(N)CCCN(C)C)(OCC)OCC. The quantitative estimate of drug-likeness (QED) is 0.528. The van der Waals surface area contributed by atoms with Gasteiger partial charge < -0.3 is 23.9 Å². The molecule has 2 N–H and O–H groups in total. The van der Waals surface area contributed by atoms with Crippen molar-refractivity contribution in [1.29, 1.82) is 0 Å². The lowest BCUT2D eigenvalue weighted by Crippen LogP contribution is -2.47. The zero-order chi connectivity index (χ0) is 15.4. The van der Waals surface area contributed by atoms with E-state index in [0.717, 1.165) is 31.9 Å². The molecule has 0 aromatic heterocycles. The number of nitrogens with two attached hydrogens (primary N) is 1. The van der Waals surface area contributed by atoms with Crippen LogP contribution >= 0.6 is 0 Å². The standard InChI is InChI=1S/C14H34N2O3Si/c1-6-17-20(18-7-2,19-8-3)13-11-14(15)10-9-12-16(4)5/h14H,6-13,15H2,1-5H3. The second-order valence-electron chi connectivity index (χ2n) is 5.23. The first-order chi connectivity index (χ1) is 9.49. The van der Waals surface area contributed by atoms with Crippen LogP contribution in [-0.2, 0) is 13.3 Å². The molecule has 0 aliphatic carbocycles. The predicted molar refractivity (Wildman–Crippen MR) is 85.8 cm³/mol. The highest BCUT2D eigenvalue weighted by molar-refractivity contribution is 6.60. The minimum absolute atomic E-state index is 0.197. The van der Waals surface area contributed by atoms with E-state index >= 15 is 0 Å². The number of rotatable bonds is 13. The maximum absolute atomic E-state index is 6.19. The van der Waals surface area contributed by atoms with Crippen LogP contribution < -0.4 is 5.73 Å². The summed E-state index contributed by atoms with van der Waals surface area (Å²) in [7, 11) is 1.66.